The lowest BCUT2D eigenvalue weighted by molar-refractivity contribution is -0.146. The second-order valence-electron chi connectivity index (χ2n) is 5.34. The second kappa shape index (κ2) is 5.73. The Morgan fingerprint density at radius 3 is 2.33 bits per heavy atom. The monoisotopic (exact) mass is 339 g/mol. The predicted octanol–water partition coefficient (Wildman–Crippen LogP) is 3.51. The van der Waals surface area contributed by atoms with Crippen molar-refractivity contribution < 1.29 is 17.6 Å². The number of rotatable bonds is 3. The number of nitrogens with zero attached hydrogens (tertiary/aromatic N) is 4. The molecule has 9 heteroatoms. The second-order valence-corrected chi connectivity index (χ2v) is 5.34. The van der Waals surface area contributed by atoms with E-state index in [0.29, 0.717) is 22.2 Å². The Morgan fingerprint density at radius 2 is 1.71 bits per heavy atom. The standard InChI is InChI=1S/C15H13F4N5/c1-8-9(2)13-21-22-14(15(17,18)19)24(13)23-12(8)20-7-10-3-5-11(16)6-4-10/h3-6H,7H2,1-2H3,(H,20,23). The highest BCUT2D eigenvalue weighted by atomic mass is 19.4. The molecule has 1 N–H and O–H groups in total. The number of halogens is 4. The summed E-state index contributed by atoms with van der Waals surface area (Å²) in [5.41, 5.74) is 2.06. The molecule has 0 aliphatic rings. The van der Waals surface area contributed by atoms with Crippen LogP contribution in [0.3, 0.4) is 0 Å². The summed E-state index contributed by atoms with van der Waals surface area (Å²) < 4.78 is 52.5. The average Bonchev–Trinajstić information content (AvgIpc) is 2.95. The van der Waals surface area contributed by atoms with Crippen molar-refractivity contribution in [2.45, 2.75) is 26.6 Å². The van der Waals surface area contributed by atoms with Gasteiger partial charge >= 0.3 is 6.18 Å². The summed E-state index contributed by atoms with van der Waals surface area (Å²) >= 11 is 0. The molecule has 0 saturated heterocycles. The molecule has 0 spiro atoms. The normalized spacial score (nSPS) is 11.9. The molecule has 24 heavy (non-hydrogen) atoms. The molecule has 126 valence electrons. The lowest BCUT2D eigenvalue weighted by Gasteiger charge is -2.12. The molecule has 3 aromatic rings. The van der Waals surface area contributed by atoms with E-state index in [9.17, 15) is 17.6 Å². The summed E-state index contributed by atoms with van der Waals surface area (Å²) in [6.45, 7) is 3.68. The van der Waals surface area contributed by atoms with E-state index in [1.54, 1.807) is 26.0 Å². The molecular formula is C15H13F4N5. The fraction of sp³-hybridized carbons (Fsp3) is 0.267. The van der Waals surface area contributed by atoms with Gasteiger partial charge in [-0.15, -0.1) is 15.3 Å². The van der Waals surface area contributed by atoms with Crippen LogP contribution in [0.2, 0.25) is 0 Å². The van der Waals surface area contributed by atoms with Gasteiger partial charge in [-0.25, -0.2) is 4.39 Å². The number of hydrogen-bond donors (Lipinski definition) is 1. The van der Waals surface area contributed by atoms with Crippen molar-refractivity contribution in [3.63, 3.8) is 0 Å². The fourth-order valence-corrected chi connectivity index (χ4v) is 2.26. The van der Waals surface area contributed by atoms with Crippen molar-refractivity contribution in [3.8, 4) is 0 Å². The van der Waals surface area contributed by atoms with Crippen LogP contribution < -0.4 is 5.32 Å². The van der Waals surface area contributed by atoms with Crippen LogP contribution in [0.1, 0.15) is 22.5 Å². The molecule has 0 aliphatic heterocycles. The van der Waals surface area contributed by atoms with Gasteiger partial charge in [0, 0.05) is 12.1 Å². The molecule has 0 radical (unpaired) electrons. The number of aryl methyl sites for hydroxylation is 1. The van der Waals surface area contributed by atoms with Gasteiger partial charge in [0.05, 0.1) is 0 Å². The van der Waals surface area contributed by atoms with Gasteiger partial charge in [-0.2, -0.15) is 17.7 Å². The summed E-state index contributed by atoms with van der Waals surface area (Å²) in [6, 6.07) is 5.80. The maximum Gasteiger partial charge on any atom is 0.453 e. The molecule has 0 atom stereocenters. The minimum Gasteiger partial charge on any atom is -0.364 e. The zero-order valence-electron chi connectivity index (χ0n) is 12.8. The smallest absolute Gasteiger partial charge is 0.364 e. The average molecular weight is 339 g/mol. The van der Waals surface area contributed by atoms with Crippen molar-refractivity contribution in [1.82, 2.24) is 19.8 Å². The van der Waals surface area contributed by atoms with Crippen molar-refractivity contribution in [2.75, 3.05) is 5.32 Å². The number of anilines is 1. The van der Waals surface area contributed by atoms with Gasteiger partial charge in [-0.05, 0) is 37.1 Å². The molecule has 5 nitrogen and oxygen atoms in total. The summed E-state index contributed by atoms with van der Waals surface area (Å²) in [5.74, 6) is -1.25. The Hall–Kier alpha value is -2.71. The topological polar surface area (TPSA) is 55.1 Å². The maximum absolute atomic E-state index is 13.0. The third kappa shape index (κ3) is 2.89. The van der Waals surface area contributed by atoms with E-state index in [1.807, 2.05) is 0 Å². The first-order chi connectivity index (χ1) is 11.3. The Bertz CT molecular complexity index is 884. The van der Waals surface area contributed by atoms with Crippen LogP contribution in [0.15, 0.2) is 24.3 Å². The van der Waals surface area contributed by atoms with Gasteiger partial charge in [0.2, 0.25) is 0 Å². The Morgan fingerprint density at radius 1 is 1.04 bits per heavy atom. The highest BCUT2D eigenvalue weighted by Gasteiger charge is 2.38. The van der Waals surface area contributed by atoms with Gasteiger partial charge < -0.3 is 5.32 Å². The minimum atomic E-state index is -4.65. The molecule has 0 saturated carbocycles. The van der Waals surface area contributed by atoms with Crippen molar-refractivity contribution in [2.24, 2.45) is 0 Å². The van der Waals surface area contributed by atoms with E-state index in [2.05, 4.69) is 20.6 Å². The molecule has 0 aliphatic carbocycles. The zero-order chi connectivity index (χ0) is 17.5. The number of benzene rings is 1. The minimum absolute atomic E-state index is 0.0622. The van der Waals surface area contributed by atoms with E-state index >= 15 is 0 Å². The molecule has 0 unspecified atom stereocenters. The number of alkyl halides is 3. The maximum atomic E-state index is 13.0. The number of hydrogen-bond acceptors (Lipinski definition) is 4. The van der Waals surface area contributed by atoms with Gasteiger partial charge in [-0.1, -0.05) is 12.1 Å². The van der Waals surface area contributed by atoms with Crippen LogP contribution in [0.4, 0.5) is 23.4 Å². The molecule has 3 rings (SSSR count). The highest BCUT2D eigenvalue weighted by Crippen LogP contribution is 2.29. The largest absolute Gasteiger partial charge is 0.453 e. The molecule has 0 amide bonds. The van der Waals surface area contributed by atoms with E-state index in [1.165, 1.54) is 12.1 Å². The molecule has 0 bridgehead atoms. The Kier molecular flexibility index (Phi) is 3.86. The first-order valence-electron chi connectivity index (χ1n) is 7.05. The number of nitrogens with one attached hydrogen (secondary N) is 1. The van der Waals surface area contributed by atoms with Crippen molar-refractivity contribution >= 4 is 11.5 Å². The summed E-state index contributed by atoms with van der Waals surface area (Å²) in [6.07, 6.45) is -4.65. The summed E-state index contributed by atoms with van der Waals surface area (Å²) in [7, 11) is 0. The van der Waals surface area contributed by atoms with Crippen LogP contribution in [-0.4, -0.2) is 19.8 Å². The Labute approximate surface area is 134 Å². The van der Waals surface area contributed by atoms with E-state index < -0.39 is 12.0 Å². The molecule has 0 fully saturated rings. The van der Waals surface area contributed by atoms with Gasteiger partial charge in [0.1, 0.15) is 5.82 Å². The van der Waals surface area contributed by atoms with E-state index in [-0.39, 0.29) is 17.3 Å². The van der Waals surface area contributed by atoms with Gasteiger partial charge in [0.25, 0.3) is 5.82 Å². The third-order valence-corrected chi connectivity index (χ3v) is 3.72. The molecule has 2 heterocycles. The quantitative estimate of drug-likeness (QED) is 0.742. The summed E-state index contributed by atoms with van der Waals surface area (Å²) in [5, 5.41) is 13.7. The predicted molar refractivity (Wildman–Crippen MR) is 79.0 cm³/mol. The van der Waals surface area contributed by atoms with Crippen LogP contribution in [0, 0.1) is 19.7 Å². The van der Waals surface area contributed by atoms with Crippen molar-refractivity contribution in [3.05, 3.63) is 52.6 Å². The van der Waals surface area contributed by atoms with Crippen LogP contribution in [0.5, 0.6) is 0 Å². The summed E-state index contributed by atoms with van der Waals surface area (Å²) in [4.78, 5) is 0. The van der Waals surface area contributed by atoms with Crippen LogP contribution in [-0.2, 0) is 12.7 Å². The van der Waals surface area contributed by atoms with E-state index in [0.717, 1.165) is 5.56 Å². The van der Waals surface area contributed by atoms with Crippen LogP contribution in [0.25, 0.3) is 5.65 Å². The van der Waals surface area contributed by atoms with Crippen LogP contribution >= 0.6 is 0 Å². The number of aromatic nitrogens is 4. The third-order valence-electron chi connectivity index (χ3n) is 3.72. The first-order valence-corrected chi connectivity index (χ1v) is 7.05. The van der Waals surface area contributed by atoms with Crippen molar-refractivity contribution in [1.29, 1.82) is 0 Å². The number of fused-ring (bicyclic) bond motifs is 1. The highest BCUT2D eigenvalue weighted by molar-refractivity contribution is 5.58. The lowest BCUT2D eigenvalue weighted by Crippen LogP contribution is -2.15. The van der Waals surface area contributed by atoms with Gasteiger partial charge in [0.15, 0.2) is 11.5 Å². The SMILES string of the molecule is Cc1c(NCc2ccc(F)cc2)nn2c(C(F)(F)F)nnc2c1C. The first kappa shape index (κ1) is 16.2. The molecule has 2 aromatic heterocycles. The zero-order valence-corrected chi connectivity index (χ0v) is 12.8. The fourth-order valence-electron chi connectivity index (χ4n) is 2.26. The van der Waals surface area contributed by atoms with Gasteiger partial charge in [-0.3, -0.25) is 0 Å². The molecular weight excluding hydrogens is 326 g/mol. The Balaban J connectivity index is 1.98. The van der Waals surface area contributed by atoms with E-state index in [4.69, 9.17) is 0 Å². The molecule has 1 aromatic carbocycles. The lowest BCUT2D eigenvalue weighted by atomic mass is 10.1.